The summed E-state index contributed by atoms with van der Waals surface area (Å²) in [5.74, 6) is 7.21. The molecule has 0 saturated carbocycles. The molecular weight excluding hydrogens is 259 g/mol. The van der Waals surface area contributed by atoms with Crippen molar-refractivity contribution in [2.24, 2.45) is 5.92 Å². The van der Waals surface area contributed by atoms with Crippen LogP contribution in [0.3, 0.4) is 0 Å². The molecule has 0 aliphatic carbocycles. The molecule has 0 rings (SSSR count). The highest BCUT2D eigenvalue weighted by Gasteiger charge is 2.02. The van der Waals surface area contributed by atoms with Crippen LogP contribution in [0.2, 0.25) is 0 Å². The van der Waals surface area contributed by atoms with E-state index in [9.17, 15) is 0 Å². The van der Waals surface area contributed by atoms with Gasteiger partial charge in [-0.25, -0.2) is 0 Å². The maximum atomic E-state index is 3.24. The lowest BCUT2D eigenvalue weighted by Gasteiger charge is -2.09. The monoisotopic (exact) mass is 278 g/mol. The zero-order valence-corrected chi connectivity index (χ0v) is 10.4. The lowest BCUT2D eigenvalue weighted by molar-refractivity contribution is 0.462. The van der Waals surface area contributed by atoms with Gasteiger partial charge >= 0.3 is 0 Å². The number of hydrogen-bond donors (Lipinski definition) is 0. The molecule has 12 heavy (non-hydrogen) atoms. The molecule has 0 radical (unpaired) electrons. The molecule has 70 valence electrons. The zero-order valence-electron chi connectivity index (χ0n) is 8.20. The molecule has 1 unspecified atom stereocenters. The first-order valence-electron chi connectivity index (χ1n) is 4.86. The molecule has 0 saturated heterocycles. The lowest BCUT2D eigenvalue weighted by Crippen LogP contribution is -1.96. The number of hydrogen-bond acceptors (Lipinski definition) is 0. The molecule has 1 atom stereocenters. The van der Waals surface area contributed by atoms with E-state index in [2.05, 4.69) is 48.3 Å². The van der Waals surface area contributed by atoms with Crippen molar-refractivity contribution in [3.63, 3.8) is 0 Å². The summed E-state index contributed by atoms with van der Waals surface area (Å²) in [6, 6.07) is 0. The third-order valence-corrected chi connectivity index (χ3v) is 2.51. The summed E-state index contributed by atoms with van der Waals surface area (Å²) in [5.41, 5.74) is 0. The third kappa shape index (κ3) is 6.97. The smallest absolute Gasteiger partial charge is 0.0609 e. The lowest BCUT2D eigenvalue weighted by atomic mass is 9.96. The van der Waals surface area contributed by atoms with Gasteiger partial charge in [0, 0.05) is 6.42 Å². The maximum Gasteiger partial charge on any atom is 0.0609 e. The van der Waals surface area contributed by atoms with Gasteiger partial charge in [-0.05, 0) is 12.3 Å². The Kier molecular flexibility index (Phi) is 9.61. The van der Waals surface area contributed by atoms with Crippen LogP contribution in [-0.4, -0.2) is 4.43 Å². The summed E-state index contributed by atoms with van der Waals surface area (Å²) in [6.07, 6.45) is 6.44. The van der Waals surface area contributed by atoms with Crippen molar-refractivity contribution >= 4 is 22.6 Å². The quantitative estimate of drug-likeness (QED) is 0.404. The van der Waals surface area contributed by atoms with E-state index in [1.807, 2.05) is 0 Å². The molecule has 0 aliphatic heterocycles. The summed E-state index contributed by atoms with van der Waals surface area (Å²) in [4.78, 5) is 0. The van der Waals surface area contributed by atoms with Gasteiger partial charge in [-0.1, -0.05) is 61.6 Å². The second kappa shape index (κ2) is 9.38. The van der Waals surface area contributed by atoms with Crippen LogP contribution in [0.5, 0.6) is 0 Å². The van der Waals surface area contributed by atoms with E-state index < -0.39 is 0 Å². The Morgan fingerprint density at radius 1 is 1.25 bits per heavy atom. The largest absolute Gasteiger partial charge is 0.102 e. The zero-order chi connectivity index (χ0) is 9.23. The van der Waals surface area contributed by atoms with E-state index in [-0.39, 0.29) is 0 Å². The summed E-state index contributed by atoms with van der Waals surface area (Å²) in [5, 5.41) is 0. The Hall–Kier alpha value is 0.290. The fourth-order valence-corrected chi connectivity index (χ4v) is 1.48. The van der Waals surface area contributed by atoms with Crippen LogP contribution in [0.1, 0.15) is 46.0 Å². The topological polar surface area (TPSA) is 0 Å². The van der Waals surface area contributed by atoms with Crippen molar-refractivity contribution in [3.05, 3.63) is 0 Å². The van der Waals surface area contributed by atoms with E-state index in [0.717, 1.165) is 16.8 Å². The molecule has 0 amide bonds. The highest BCUT2D eigenvalue weighted by molar-refractivity contribution is 14.1. The maximum absolute atomic E-state index is 3.24. The van der Waals surface area contributed by atoms with E-state index >= 15 is 0 Å². The Labute approximate surface area is 90.6 Å². The molecule has 0 bridgehead atoms. The number of halogens is 1. The van der Waals surface area contributed by atoms with Crippen LogP contribution in [-0.2, 0) is 0 Å². The van der Waals surface area contributed by atoms with Crippen molar-refractivity contribution in [2.45, 2.75) is 46.0 Å². The van der Waals surface area contributed by atoms with Crippen LogP contribution in [0, 0.1) is 17.8 Å². The third-order valence-electron chi connectivity index (χ3n) is 2.13. The average molecular weight is 278 g/mol. The van der Waals surface area contributed by atoms with Crippen molar-refractivity contribution in [2.75, 3.05) is 4.43 Å². The van der Waals surface area contributed by atoms with Gasteiger partial charge in [0.15, 0.2) is 0 Å². The number of rotatable bonds is 5. The van der Waals surface area contributed by atoms with Crippen molar-refractivity contribution in [1.82, 2.24) is 0 Å². The van der Waals surface area contributed by atoms with Crippen LogP contribution >= 0.6 is 22.6 Å². The van der Waals surface area contributed by atoms with Crippen LogP contribution < -0.4 is 0 Å². The first-order valence-corrected chi connectivity index (χ1v) is 6.39. The minimum Gasteiger partial charge on any atom is -0.102 e. The van der Waals surface area contributed by atoms with Gasteiger partial charge in [-0.15, -0.1) is 5.92 Å². The molecule has 0 aromatic heterocycles. The Morgan fingerprint density at radius 2 is 2.00 bits per heavy atom. The highest BCUT2D eigenvalue weighted by atomic mass is 127. The Morgan fingerprint density at radius 3 is 2.50 bits per heavy atom. The molecule has 0 nitrogen and oxygen atoms in total. The summed E-state index contributed by atoms with van der Waals surface area (Å²) in [6.45, 7) is 4.52. The highest BCUT2D eigenvalue weighted by Crippen LogP contribution is 2.15. The summed E-state index contributed by atoms with van der Waals surface area (Å²) >= 11 is 2.30. The van der Waals surface area contributed by atoms with Crippen LogP contribution in [0.25, 0.3) is 0 Å². The van der Waals surface area contributed by atoms with E-state index in [1.54, 1.807) is 0 Å². The Balaban J connectivity index is 3.52. The molecule has 0 heterocycles. The second-order valence-corrected chi connectivity index (χ2v) is 3.87. The van der Waals surface area contributed by atoms with E-state index in [4.69, 9.17) is 0 Å². The van der Waals surface area contributed by atoms with Gasteiger partial charge in [0.25, 0.3) is 0 Å². The van der Waals surface area contributed by atoms with E-state index in [0.29, 0.717) is 0 Å². The molecule has 0 aliphatic rings. The molecular formula is C11H19I. The predicted molar refractivity (Wildman–Crippen MR) is 64.6 cm³/mol. The predicted octanol–water partition coefficient (Wildman–Crippen LogP) is 4.03. The first kappa shape index (κ1) is 12.3. The number of unbranched alkanes of at least 4 members (excludes halogenated alkanes) is 1. The van der Waals surface area contributed by atoms with E-state index in [1.165, 1.54) is 25.7 Å². The Bertz CT molecular complexity index is 141. The van der Waals surface area contributed by atoms with Gasteiger partial charge in [0.2, 0.25) is 0 Å². The van der Waals surface area contributed by atoms with Crippen molar-refractivity contribution in [1.29, 1.82) is 0 Å². The molecule has 0 spiro atoms. The molecule has 0 fully saturated rings. The van der Waals surface area contributed by atoms with Gasteiger partial charge in [-0.2, -0.15) is 0 Å². The van der Waals surface area contributed by atoms with Gasteiger partial charge in [-0.3, -0.25) is 0 Å². The molecule has 0 N–H and O–H groups in total. The van der Waals surface area contributed by atoms with Crippen molar-refractivity contribution in [3.8, 4) is 11.8 Å². The summed E-state index contributed by atoms with van der Waals surface area (Å²) < 4.78 is 0.974. The van der Waals surface area contributed by atoms with Crippen molar-refractivity contribution < 1.29 is 0 Å². The molecule has 1 heteroatoms. The van der Waals surface area contributed by atoms with Crippen LogP contribution in [0.4, 0.5) is 0 Å². The minimum atomic E-state index is 0.848. The summed E-state index contributed by atoms with van der Waals surface area (Å²) in [7, 11) is 0. The number of alkyl halides is 1. The fourth-order valence-electron chi connectivity index (χ4n) is 1.21. The second-order valence-electron chi connectivity index (χ2n) is 3.11. The van der Waals surface area contributed by atoms with Gasteiger partial charge in [0.05, 0.1) is 4.43 Å². The fraction of sp³-hybridized carbons (Fsp3) is 0.818. The molecule has 0 aromatic rings. The normalized spacial score (nSPS) is 11.9. The van der Waals surface area contributed by atoms with Gasteiger partial charge < -0.3 is 0 Å². The standard InChI is InChI=1S/C11H19I/c1-3-5-8-11(4-2)9-6-7-10-12/h11H,3-5,8-10H2,1-2H3. The first-order chi connectivity index (χ1) is 5.85. The SMILES string of the molecule is CCCCC(CC)CC#CCI. The molecule has 0 aromatic carbocycles. The van der Waals surface area contributed by atoms with Gasteiger partial charge in [0.1, 0.15) is 0 Å². The average Bonchev–Trinajstić information content (AvgIpc) is 2.11. The minimum absolute atomic E-state index is 0.848. The van der Waals surface area contributed by atoms with Crippen LogP contribution in [0.15, 0.2) is 0 Å².